The largest absolute Gasteiger partial charge is 0.504 e. The fourth-order valence-electron chi connectivity index (χ4n) is 3.36. The van der Waals surface area contributed by atoms with E-state index in [1.54, 1.807) is 22.3 Å². The molecule has 0 aromatic carbocycles. The predicted molar refractivity (Wildman–Crippen MR) is 103 cm³/mol. The lowest BCUT2D eigenvalue weighted by molar-refractivity contribution is 0.0758. The molecule has 4 heterocycles. The van der Waals surface area contributed by atoms with Crippen LogP contribution in [0.25, 0.3) is 5.65 Å². The molecule has 0 radical (unpaired) electrons. The van der Waals surface area contributed by atoms with Gasteiger partial charge in [0.1, 0.15) is 5.56 Å². The lowest BCUT2D eigenvalue weighted by atomic mass is 10.2. The third kappa shape index (κ3) is 3.58. The molecule has 1 saturated heterocycles. The standard InChI is InChI=1S/C19H20N4O3S/c24-16-5-1-8-23-17(16)20-12-15(19(23)26)18(25)22-7-3-6-21(9-10-22)13-14-4-2-11-27-14/h1-2,4-5,8,11-12,24H,3,6-7,9-10,13H2. The van der Waals surface area contributed by atoms with Crippen LogP contribution in [0.5, 0.6) is 5.75 Å². The Morgan fingerprint density at radius 1 is 1.19 bits per heavy atom. The van der Waals surface area contributed by atoms with Crippen molar-refractivity contribution in [2.45, 2.75) is 13.0 Å². The van der Waals surface area contributed by atoms with Crippen molar-refractivity contribution < 1.29 is 9.90 Å². The summed E-state index contributed by atoms with van der Waals surface area (Å²) >= 11 is 1.74. The van der Waals surface area contributed by atoms with Crippen LogP contribution in [-0.4, -0.2) is 56.4 Å². The lowest BCUT2D eigenvalue weighted by Gasteiger charge is -2.21. The van der Waals surface area contributed by atoms with Crippen LogP contribution in [-0.2, 0) is 6.54 Å². The second-order valence-corrected chi connectivity index (χ2v) is 7.60. The molecule has 140 valence electrons. The summed E-state index contributed by atoms with van der Waals surface area (Å²) in [6.45, 7) is 3.77. The molecular formula is C19H20N4O3S. The SMILES string of the molecule is O=C(c1cnc2c(O)cccn2c1=O)N1CCCN(Cc2cccs2)CC1. The second-order valence-electron chi connectivity index (χ2n) is 6.57. The van der Waals surface area contributed by atoms with Crippen molar-refractivity contribution in [3.63, 3.8) is 0 Å². The average Bonchev–Trinajstić information content (AvgIpc) is 3.06. The van der Waals surface area contributed by atoms with Crippen molar-refractivity contribution in [3.05, 3.63) is 62.8 Å². The molecule has 1 amide bonds. The number of carbonyl (C=O) groups is 1. The molecule has 7 nitrogen and oxygen atoms in total. The minimum absolute atomic E-state index is 0.0322. The summed E-state index contributed by atoms with van der Waals surface area (Å²) in [6, 6.07) is 7.18. The molecule has 0 atom stereocenters. The molecule has 1 aliphatic heterocycles. The summed E-state index contributed by atoms with van der Waals surface area (Å²) in [6.07, 6.45) is 3.64. The maximum absolute atomic E-state index is 12.9. The summed E-state index contributed by atoms with van der Waals surface area (Å²) in [5.74, 6) is -0.393. The van der Waals surface area contributed by atoms with Crippen LogP contribution in [0.3, 0.4) is 0 Å². The van der Waals surface area contributed by atoms with E-state index in [2.05, 4.69) is 21.3 Å². The zero-order valence-corrected chi connectivity index (χ0v) is 15.6. The first-order chi connectivity index (χ1) is 13.1. The van der Waals surface area contributed by atoms with E-state index in [0.717, 1.165) is 26.1 Å². The third-order valence-electron chi connectivity index (χ3n) is 4.78. The topological polar surface area (TPSA) is 78.1 Å². The van der Waals surface area contributed by atoms with Crippen LogP contribution in [0.1, 0.15) is 21.7 Å². The highest BCUT2D eigenvalue weighted by Crippen LogP contribution is 2.16. The number of aromatic nitrogens is 2. The highest BCUT2D eigenvalue weighted by atomic mass is 32.1. The van der Waals surface area contributed by atoms with Gasteiger partial charge in [-0.25, -0.2) is 4.98 Å². The van der Waals surface area contributed by atoms with Crippen molar-refractivity contribution in [2.24, 2.45) is 0 Å². The number of fused-ring (bicyclic) bond motifs is 1. The Morgan fingerprint density at radius 2 is 2.07 bits per heavy atom. The quantitative estimate of drug-likeness (QED) is 0.745. The van der Waals surface area contributed by atoms with Crippen LogP contribution in [0.2, 0.25) is 0 Å². The molecule has 3 aromatic rings. The molecule has 0 spiro atoms. The minimum atomic E-state index is -0.458. The number of amides is 1. The number of hydrogen-bond donors (Lipinski definition) is 1. The van der Waals surface area contributed by atoms with Gasteiger partial charge in [-0.15, -0.1) is 11.3 Å². The zero-order chi connectivity index (χ0) is 18.8. The fraction of sp³-hybridized carbons (Fsp3) is 0.316. The third-order valence-corrected chi connectivity index (χ3v) is 5.64. The summed E-state index contributed by atoms with van der Waals surface area (Å²) < 4.78 is 1.21. The lowest BCUT2D eigenvalue weighted by Crippen LogP contribution is -2.38. The Morgan fingerprint density at radius 3 is 2.89 bits per heavy atom. The maximum Gasteiger partial charge on any atom is 0.270 e. The molecule has 0 aliphatic carbocycles. The first kappa shape index (κ1) is 17.7. The molecule has 4 rings (SSSR count). The van der Waals surface area contributed by atoms with Gasteiger partial charge in [-0.1, -0.05) is 6.07 Å². The van der Waals surface area contributed by atoms with E-state index >= 15 is 0 Å². The number of nitrogens with zero attached hydrogens (tertiary/aromatic N) is 4. The van der Waals surface area contributed by atoms with Crippen LogP contribution in [0, 0.1) is 0 Å². The van der Waals surface area contributed by atoms with E-state index in [1.165, 1.54) is 27.7 Å². The first-order valence-electron chi connectivity index (χ1n) is 8.87. The van der Waals surface area contributed by atoms with Gasteiger partial charge >= 0.3 is 0 Å². The molecule has 1 N–H and O–H groups in total. The van der Waals surface area contributed by atoms with Gasteiger partial charge < -0.3 is 10.0 Å². The van der Waals surface area contributed by atoms with Crippen molar-refractivity contribution in [3.8, 4) is 5.75 Å². The molecule has 8 heteroatoms. The summed E-state index contributed by atoms with van der Waals surface area (Å²) in [5.41, 5.74) is -0.276. The van der Waals surface area contributed by atoms with Gasteiger partial charge in [0.15, 0.2) is 11.4 Å². The van der Waals surface area contributed by atoms with Gasteiger partial charge in [0.25, 0.3) is 11.5 Å². The van der Waals surface area contributed by atoms with Crippen molar-refractivity contribution >= 4 is 22.9 Å². The number of rotatable bonds is 3. The number of pyridine rings is 1. The highest BCUT2D eigenvalue weighted by Gasteiger charge is 2.23. The highest BCUT2D eigenvalue weighted by molar-refractivity contribution is 7.09. The number of aromatic hydroxyl groups is 1. The molecule has 27 heavy (non-hydrogen) atoms. The van der Waals surface area contributed by atoms with E-state index < -0.39 is 5.56 Å². The zero-order valence-electron chi connectivity index (χ0n) is 14.7. The number of thiophene rings is 1. The molecule has 0 unspecified atom stereocenters. The van der Waals surface area contributed by atoms with Gasteiger partial charge in [-0.2, -0.15) is 0 Å². The molecule has 0 saturated carbocycles. The van der Waals surface area contributed by atoms with Gasteiger partial charge in [-0.05, 0) is 30.0 Å². The van der Waals surface area contributed by atoms with E-state index in [-0.39, 0.29) is 22.9 Å². The maximum atomic E-state index is 12.9. The molecule has 1 fully saturated rings. The van der Waals surface area contributed by atoms with Gasteiger partial charge in [0, 0.05) is 50.0 Å². The fourth-order valence-corrected chi connectivity index (χ4v) is 4.11. The first-order valence-corrected chi connectivity index (χ1v) is 9.75. The Bertz CT molecular complexity index is 1020. The van der Waals surface area contributed by atoms with Crippen molar-refractivity contribution in [1.82, 2.24) is 19.2 Å². The van der Waals surface area contributed by atoms with E-state index in [0.29, 0.717) is 13.1 Å². The Labute approximate surface area is 160 Å². The van der Waals surface area contributed by atoms with E-state index in [1.807, 2.05) is 6.07 Å². The van der Waals surface area contributed by atoms with Gasteiger partial charge in [0.05, 0.1) is 0 Å². The molecule has 3 aromatic heterocycles. The van der Waals surface area contributed by atoms with E-state index in [4.69, 9.17) is 0 Å². The average molecular weight is 384 g/mol. The van der Waals surface area contributed by atoms with Crippen molar-refractivity contribution in [2.75, 3.05) is 26.2 Å². The summed E-state index contributed by atoms with van der Waals surface area (Å²) in [5, 5.41) is 11.9. The molecule has 0 bridgehead atoms. The van der Waals surface area contributed by atoms with Crippen LogP contribution in [0.4, 0.5) is 0 Å². The Balaban J connectivity index is 1.52. The second kappa shape index (κ2) is 7.50. The predicted octanol–water partition coefficient (Wildman–Crippen LogP) is 1.81. The Hall–Kier alpha value is -2.71. The van der Waals surface area contributed by atoms with Crippen molar-refractivity contribution in [1.29, 1.82) is 0 Å². The van der Waals surface area contributed by atoms with Crippen LogP contribution >= 0.6 is 11.3 Å². The molecular weight excluding hydrogens is 364 g/mol. The number of hydrogen-bond acceptors (Lipinski definition) is 6. The molecule has 1 aliphatic rings. The van der Waals surface area contributed by atoms with Gasteiger partial charge in [-0.3, -0.25) is 18.9 Å². The summed E-state index contributed by atoms with van der Waals surface area (Å²) in [4.78, 5) is 35.1. The summed E-state index contributed by atoms with van der Waals surface area (Å²) in [7, 11) is 0. The minimum Gasteiger partial charge on any atom is -0.504 e. The van der Waals surface area contributed by atoms with Crippen LogP contribution < -0.4 is 5.56 Å². The smallest absolute Gasteiger partial charge is 0.270 e. The Kier molecular flexibility index (Phi) is 4.91. The number of carbonyl (C=O) groups excluding carboxylic acids is 1. The van der Waals surface area contributed by atoms with Gasteiger partial charge in [0.2, 0.25) is 0 Å². The normalized spacial score (nSPS) is 15.8. The monoisotopic (exact) mass is 384 g/mol. The van der Waals surface area contributed by atoms with E-state index in [9.17, 15) is 14.7 Å². The van der Waals surface area contributed by atoms with Crippen LogP contribution in [0.15, 0.2) is 46.8 Å².